The summed E-state index contributed by atoms with van der Waals surface area (Å²) in [6, 6.07) is 7.15. The van der Waals surface area contributed by atoms with Gasteiger partial charge in [-0.2, -0.15) is 0 Å². The Labute approximate surface area is 134 Å². The number of fused-ring (bicyclic) bond motifs is 1. The monoisotopic (exact) mass is 320 g/mol. The molecule has 0 amide bonds. The minimum Gasteiger partial charge on any atom is -0.462 e. The summed E-state index contributed by atoms with van der Waals surface area (Å²) in [4.78, 5) is 22.2. The molecule has 1 aliphatic carbocycles. The molecule has 124 valence electrons. The fraction of sp³-hybridized carbons (Fsp3) is 0.412. The van der Waals surface area contributed by atoms with E-state index < -0.39 is 23.6 Å². The Morgan fingerprint density at radius 2 is 1.83 bits per heavy atom. The lowest BCUT2D eigenvalue weighted by Crippen LogP contribution is -2.47. The molecule has 2 atom stereocenters. The van der Waals surface area contributed by atoms with E-state index in [2.05, 4.69) is 0 Å². The number of rotatable bonds is 5. The van der Waals surface area contributed by atoms with Gasteiger partial charge in [-0.25, -0.2) is 0 Å². The fourth-order valence-corrected chi connectivity index (χ4v) is 2.64. The second-order valence-corrected chi connectivity index (χ2v) is 5.38. The Hall–Kier alpha value is -2.18. The maximum atomic E-state index is 11.1. The first-order valence-corrected chi connectivity index (χ1v) is 7.21. The molecule has 6 nitrogen and oxygen atoms in total. The Morgan fingerprint density at radius 1 is 1.17 bits per heavy atom. The predicted octanol–water partition coefficient (Wildman–Crippen LogP) is 1.41. The predicted molar refractivity (Wildman–Crippen MR) is 82.4 cm³/mol. The SMILES string of the molecule is CO[C@@H]1C=C(COC(C)=O)c2ccccc2[C@]1(O)COC(C)=O. The molecule has 0 aliphatic heterocycles. The highest BCUT2D eigenvalue weighted by Gasteiger charge is 2.44. The Bertz CT molecular complexity index is 636. The number of aliphatic hydroxyl groups is 1. The van der Waals surface area contributed by atoms with Gasteiger partial charge in [-0.05, 0) is 22.8 Å². The van der Waals surface area contributed by atoms with E-state index in [0.717, 1.165) is 11.1 Å². The van der Waals surface area contributed by atoms with Gasteiger partial charge in [0.15, 0.2) is 5.60 Å². The van der Waals surface area contributed by atoms with Gasteiger partial charge in [0, 0.05) is 21.0 Å². The zero-order chi connectivity index (χ0) is 17.0. The number of methoxy groups -OCH3 is 1. The van der Waals surface area contributed by atoms with E-state index in [0.29, 0.717) is 5.56 Å². The van der Waals surface area contributed by atoms with Gasteiger partial charge in [0.1, 0.15) is 19.3 Å². The smallest absolute Gasteiger partial charge is 0.302 e. The van der Waals surface area contributed by atoms with Gasteiger partial charge < -0.3 is 19.3 Å². The maximum absolute atomic E-state index is 11.1. The zero-order valence-corrected chi connectivity index (χ0v) is 13.4. The third kappa shape index (κ3) is 3.60. The lowest BCUT2D eigenvalue weighted by Gasteiger charge is -2.38. The number of carbonyl (C=O) groups excluding carboxylic acids is 2. The summed E-state index contributed by atoms with van der Waals surface area (Å²) in [6.45, 7) is 2.47. The molecule has 0 radical (unpaired) electrons. The summed E-state index contributed by atoms with van der Waals surface area (Å²) in [5.41, 5.74) is 0.529. The van der Waals surface area contributed by atoms with Crippen LogP contribution < -0.4 is 0 Å². The highest BCUT2D eigenvalue weighted by molar-refractivity contribution is 5.76. The van der Waals surface area contributed by atoms with Crippen LogP contribution in [0.5, 0.6) is 0 Å². The van der Waals surface area contributed by atoms with Gasteiger partial charge >= 0.3 is 11.9 Å². The molecule has 0 saturated heterocycles. The van der Waals surface area contributed by atoms with Crippen LogP contribution in [0.1, 0.15) is 25.0 Å². The first-order valence-electron chi connectivity index (χ1n) is 7.21. The topological polar surface area (TPSA) is 82.1 Å². The number of hydrogen-bond acceptors (Lipinski definition) is 6. The molecule has 0 spiro atoms. The van der Waals surface area contributed by atoms with E-state index in [9.17, 15) is 14.7 Å². The van der Waals surface area contributed by atoms with Gasteiger partial charge in [0.05, 0.1) is 0 Å². The Morgan fingerprint density at radius 3 is 2.43 bits per heavy atom. The van der Waals surface area contributed by atoms with E-state index in [1.165, 1.54) is 21.0 Å². The lowest BCUT2D eigenvalue weighted by molar-refractivity contribution is -0.159. The number of esters is 2. The van der Waals surface area contributed by atoms with Crippen molar-refractivity contribution >= 4 is 17.5 Å². The number of benzene rings is 1. The molecule has 0 aromatic heterocycles. The third-order valence-electron chi connectivity index (χ3n) is 3.74. The standard InChI is InChI=1S/C17H20O6/c1-11(18)22-9-13-8-16(21-3)17(20,10-23-12(2)19)15-7-5-4-6-14(13)15/h4-8,16,20H,9-10H2,1-3H3/t16-,17-/m1/s1. The molecule has 1 aromatic rings. The van der Waals surface area contributed by atoms with Crippen molar-refractivity contribution in [3.05, 3.63) is 41.5 Å². The van der Waals surface area contributed by atoms with Crippen LogP contribution in [-0.2, 0) is 29.4 Å². The van der Waals surface area contributed by atoms with Crippen molar-refractivity contribution in [2.45, 2.75) is 25.6 Å². The van der Waals surface area contributed by atoms with Crippen LogP contribution in [0.4, 0.5) is 0 Å². The van der Waals surface area contributed by atoms with Crippen LogP contribution in [0.2, 0.25) is 0 Å². The number of ether oxygens (including phenoxy) is 3. The minimum atomic E-state index is -1.50. The van der Waals surface area contributed by atoms with Gasteiger partial charge in [0.2, 0.25) is 0 Å². The highest BCUT2D eigenvalue weighted by atomic mass is 16.6. The molecule has 2 rings (SSSR count). The van der Waals surface area contributed by atoms with E-state index >= 15 is 0 Å². The van der Waals surface area contributed by atoms with Crippen molar-refractivity contribution in [1.82, 2.24) is 0 Å². The normalized spacial score (nSPS) is 22.8. The average molecular weight is 320 g/mol. The molecule has 1 N–H and O–H groups in total. The second kappa shape index (κ2) is 6.93. The van der Waals surface area contributed by atoms with Crippen LogP contribution in [-0.4, -0.2) is 43.5 Å². The molecule has 1 aromatic carbocycles. The van der Waals surface area contributed by atoms with Crippen LogP contribution in [0, 0.1) is 0 Å². The minimum absolute atomic E-state index is 0.0792. The van der Waals surface area contributed by atoms with Crippen LogP contribution in [0.3, 0.4) is 0 Å². The molecular formula is C17H20O6. The molecule has 0 fully saturated rings. The largest absolute Gasteiger partial charge is 0.462 e. The van der Waals surface area contributed by atoms with Gasteiger partial charge in [-0.3, -0.25) is 9.59 Å². The Kier molecular flexibility index (Phi) is 5.18. The zero-order valence-electron chi connectivity index (χ0n) is 13.4. The molecule has 0 bridgehead atoms. The maximum Gasteiger partial charge on any atom is 0.302 e. The Balaban J connectivity index is 2.43. The third-order valence-corrected chi connectivity index (χ3v) is 3.74. The van der Waals surface area contributed by atoms with Crippen molar-refractivity contribution in [1.29, 1.82) is 0 Å². The molecule has 0 heterocycles. The van der Waals surface area contributed by atoms with Crippen molar-refractivity contribution in [3.8, 4) is 0 Å². The summed E-state index contributed by atoms with van der Waals surface area (Å²) in [5.74, 6) is -0.876. The van der Waals surface area contributed by atoms with Crippen molar-refractivity contribution in [3.63, 3.8) is 0 Å². The summed E-state index contributed by atoms with van der Waals surface area (Å²) >= 11 is 0. The summed E-state index contributed by atoms with van der Waals surface area (Å²) in [5, 5.41) is 11.1. The quantitative estimate of drug-likeness (QED) is 0.826. The summed E-state index contributed by atoms with van der Waals surface area (Å²) in [6.07, 6.45) is 0.955. The number of hydrogen-bond donors (Lipinski definition) is 1. The summed E-state index contributed by atoms with van der Waals surface area (Å²) < 4.78 is 15.5. The lowest BCUT2D eigenvalue weighted by atomic mass is 9.78. The van der Waals surface area contributed by atoms with Gasteiger partial charge in [-0.15, -0.1) is 0 Å². The van der Waals surface area contributed by atoms with Crippen molar-refractivity contribution in [2.24, 2.45) is 0 Å². The van der Waals surface area contributed by atoms with E-state index in [-0.39, 0.29) is 13.2 Å². The van der Waals surface area contributed by atoms with Crippen LogP contribution in [0.25, 0.3) is 5.57 Å². The van der Waals surface area contributed by atoms with E-state index in [4.69, 9.17) is 14.2 Å². The van der Waals surface area contributed by atoms with E-state index in [1.807, 2.05) is 12.1 Å². The van der Waals surface area contributed by atoms with Gasteiger partial charge in [-0.1, -0.05) is 24.3 Å². The molecule has 6 heteroatoms. The first-order chi connectivity index (χ1) is 10.9. The van der Waals surface area contributed by atoms with Gasteiger partial charge in [0.25, 0.3) is 0 Å². The first kappa shape index (κ1) is 17.2. The summed E-state index contributed by atoms with van der Waals surface area (Å²) in [7, 11) is 1.46. The van der Waals surface area contributed by atoms with Crippen LogP contribution >= 0.6 is 0 Å². The molecule has 23 heavy (non-hydrogen) atoms. The molecule has 1 aliphatic rings. The van der Waals surface area contributed by atoms with Crippen molar-refractivity contribution < 1.29 is 28.9 Å². The van der Waals surface area contributed by atoms with Crippen molar-refractivity contribution in [2.75, 3.05) is 20.3 Å². The average Bonchev–Trinajstić information content (AvgIpc) is 2.52. The second-order valence-electron chi connectivity index (χ2n) is 5.38. The molecular weight excluding hydrogens is 300 g/mol. The highest BCUT2D eigenvalue weighted by Crippen LogP contribution is 2.39. The molecule has 0 unspecified atom stereocenters. The molecule has 0 saturated carbocycles. The fourth-order valence-electron chi connectivity index (χ4n) is 2.64. The number of carbonyl (C=O) groups is 2. The van der Waals surface area contributed by atoms with E-state index in [1.54, 1.807) is 18.2 Å². The van der Waals surface area contributed by atoms with Crippen LogP contribution in [0.15, 0.2) is 30.3 Å².